The zero-order chi connectivity index (χ0) is 14.5. The van der Waals surface area contributed by atoms with Gasteiger partial charge in [-0.15, -0.1) is 0 Å². The maximum absolute atomic E-state index is 11.7. The van der Waals surface area contributed by atoms with Gasteiger partial charge in [0, 0.05) is 0 Å². The predicted octanol–water partition coefficient (Wildman–Crippen LogP) is 0.553. The number of hydrogen-bond donors (Lipinski definition) is 0. The quantitative estimate of drug-likeness (QED) is 0.605. The van der Waals surface area contributed by atoms with Gasteiger partial charge in [0.1, 0.15) is 0 Å². The SMILES string of the molecule is CCOC(=O)c1nn(-c2ccccc2)c(=NC(C)=O)[se]1. The van der Waals surface area contributed by atoms with Gasteiger partial charge in [-0.1, -0.05) is 0 Å². The van der Waals surface area contributed by atoms with Crippen LogP contribution in [0.3, 0.4) is 0 Å². The summed E-state index contributed by atoms with van der Waals surface area (Å²) in [6.07, 6.45) is 0. The van der Waals surface area contributed by atoms with E-state index in [1.165, 1.54) is 11.6 Å². The van der Waals surface area contributed by atoms with Gasteiger partial charge in [-0.05, 0) is 0 Å². The van der Waals surface area contributed by atoms with E-state index in [1.807, 2.05) is 30.3 Å². The Hall–Kier alpha value is -1.98. The number of rotatable bonds is 3. The molecule has 0 aliphatic carbocycles. The van der Waals surface area contributed by atoms with Gasteiger partial charge in [-0.3, -0.25) is 0 Å². The average Bonchev–Trinajstić information content (AvgIpc) is 2.83. The first-order valence-corrected chi connectivity index (χ1v) is 7.71. The molecule has 1 aromatic heterocycles. The van der Waals surface area contributed by atoms with Crippen molar-refractivity contribution in [2.75, 3.05) is 6.61 Å². The van der Waals surface area contributed by atoms with Crippen LogP contribution in [0.25, 0.3) is 5.69 Å². The van der Waals surface area contributed by atoms with E-state index in [0.29, 0.717) is 15.5 Å². The third kappa shape index (κ3) is 3.31. The number of ether oxygens (including phenoxy) is 1. The maximum atomic E-state index is 11.7. The minimum atomic E-state index is -0.456. The molecule has 0 unspecified atom stereocenters. The first-order chi connectivity index (χ1) is 9.61. The Balaban J connectivity index is 2.55. The van der Waals surface area contributed by atoms with Gasteiger partial charge in [0.2, 0.25) is 0 Å². The second-order valence-electron chi connectivity index (χ2n) is 3.79. The molecule has 2 aromatic rings. The average molecular weight is 338 g/mol. The summed E-state index contributed by atoms with van der Waals surface area (Å²) in [6.45, 7) is 3.40. The van der Waals surface area contributed by atoms with Gasteiger partial charge < -0.3 is 0 Å². The molecule has 0 N–H and O–H groups in total. The number of esters is 1. The van der Waals surface area contributed by atoms with Gasteiger partial charge >= 0.3 is 121 Å². The topological polar surface area (TPSA) is 73.5 Å². The molecule has 7 heteroatoms. The number of nitrogens with zero attached hydrogens (tertiary/aromatic N) is 3. The van der Waals surface area contributed by atoms with Gasteiger partial charge in [-0.2, -0.15) is 0 Å². The second kappa shape index (κ2) is 6.45. The van der Waals surface area contributed by atoms with E-state index in [2.05, 4.69) is 10.1 Å². The van der Waals surface area contributed by atoms with Crippen molar-refractivity contribution >= 4 is 26.4 Å². The molecule has 0 fully saturated rings. The van der Waals surface area contributed by atoms with E-state index in [1.54, 1.807) is 6.92 Å². The number of benzene rings is 1. The van der Waals surface area contributed by atoms with Crippen LogP contribution < -0.4 is 4.36 Å². The molecule has 2 rings (SSSR count). The standard InChI is InChI=1S/C13H13N3O3Se/c1-3-19-12(18)11-15-16(10-7-5-4-6-8-10)13(20-11)14-9(2)17/h4-8H,3H2,1-2H3. The summed E-state index contributed by atoms with van der Waals surface area (Å²) < 4.78 is 7.26. The van der Waals surface area contributed by atoms with Gasteiger partial charge in [0.15, 0.2) is 0 Å². The van der Waals surface area contributed by atoms with Crippen molar-refractivity contribution < 1.29 is 14.3 Å². The van der Waals surface area contributed by atoms with Crippen LogP contribution in [-0.2, 0) is 9.53 Å². The molecule has 104 valence electrons. The van der Waals surface area contributed by atoms with Crippen LogP contribution in [0.5, 0.6) is 0 Å². The Morgan fingerprint density at radius 2 is 2.05 bits per heavy atom. The van der Waals surface area contributed by atoms with Crippen molar-refractivity contribution in [3.63, 3.8) is 0 Å². The summed E-state index contributed by atoms with van der Waals surface area (Å²) in [5, 5.41) is 4.23. The minimum absolute atomic E-state index is 0.290. The summed E-state index contributed by atoms with van der Waals surface area (Å²) in [6, 6.07) is 9.26. The fourth-order valence-electron chi connectivity index (χ4n) is 1.50. The van der Waals surface area contributed by atoms with E-state index >= 15 is 0 Å². The van der Waals surface area contributed by atoms with Crippen molar-refractivity contribution in [3.05, 3.63) is 39.3 Å². The molecule has 20 heavy (non-hydrogen) atoms. The van der Waals surface area contributed by atoms with Gasteiger partial charge in [0.25, 0.3) is 0 Å². The summed E-state index contributed by atoms with van der Waals surface area (Å²) >= 11 is -0.437. The number of para-hydroxylation sites is 1. The zero-order valence-corrected chi connectivity index (χ0v) is 12.8. The predicted molar refractivity (Wildman–Crippen MR) is 72.7 cm³/mol. The fraction of sp³-hybridized carbons (Fsp3) is 0.231. The molecule has 0 radical (unpaired) electrons. The van der Waals surface area contributed by atoms with Gasteiger partial charge in [-0.25, -0.2) is 0 Å². The van der Waals surface area contributed by atoms with E-state index < -0.39 is 20.5 Å². The number of amides is 1. The monoisotopic (exact) mass is 339 g/mol. The molecule has 1 aromatic carbocycles. The first kappa shape index (κ1) is 14.4. The molecule has 0 aliphatic heterocycles. The molecular formula is C13H13N3O3Se. The molecule has 0 saturated heterocycles. The number of carbonyl (C=O) groups excluding carboxylic acids is 2. The van der Waals surface area contributed by atoms with Crippen molar-refractivity contribution in [1.82, 2.24) is 9.78 Å². The Kier molecular flexibility index (Phi) is 4.65. The van der Waals surface area contributed by atoms with Crippen LogP contribution in [0.15, 0.2) is 35.3 Å². The van der Waals surface area contributed by atoms with E-state index in [9.17, 15) is 9.59 Å². The Bertz CT molecular complexity index is 688. The molecule has 0 atom stereocenters. The summed E-state index contributed by atoms with van der Waals surface area (Å²) in [5.74, 6) is -0.773. The van der Waals surface area contributed by atoms with E-state index in [-0.39, 0.29) is 5.91 Å². The molecule has 0 spiro atoms. The van der Waals surface area contributed by atoms with E-state index in [0.717, 1.165) is 5.69 Å². The van der Waals surface area contributed by atoms with Crippen molar-refractivity contribution in [1.29, 1.82) is 0 Å². The van der Waals surface area contributed by atoms with Crippen molar-refractivity contribution in [2.45, 2.75) is 13.8 Å². The van der Waals surface area contributed by atoms with Crippen molar-refractivity contribution in [3.8, 4) is 5.69 Å². The fourth-order valence-corrected chi connectivity index (χ4v) is 3.27. The Morgan fingerprint density at radius 1 is 1.35 bits per heavy atom. The molecule has 1 amide bonds. The summed E-state index contributed by atoms with van der Waals surface area (Å²) in [7, 11) is 0. The first-order valence-electron chi connectivity index (χ1n) is 6.00. The Morgan fingerprint density at radius 3 is 2.65 bits per heavy atom. The number of carbonyl (C=O) groups is 2. The van der Waals surface area contributed by atoms with Crippen LogP contribution in [0.2, 0.25) is 0 Å². The molecule has 0 bridgehead atoms. The third-order valence-electron chi connectivity index (χ3n) is 2.26. The van der Waals surface area contributed by atoms with E-state index in [4.69, 9.17) is 4.74 Å². The second-order valence-corrected chi connectivity index (χ2v) is 5.79. The van der Waals surface area contributed by atoms with Crippen LogP contribution in [0, 0.1) is 0 Å². The van der Waals surface area contributed by atoms with Crippen LogP contribution in [-0.4, -0.2) is 42.8 Å². The number of aromatic nitrogens is 2. The van der Waals surface area contributed by atoms with Crippen LogP contribution >= 0.6 is 0 Å². The summed E-state index contributed by atoms with van der Waals surface area (Å²) in [4.78, 5) is 26.9. The zero-order valence-electron chi connectivity index (χ0n) is 11.1. The molecule has 0 aliphatic rings. The molecule has 6 nitrogen and oxygen atoms in total. The third-order valence-corrected chi connectivity index (χ3v) is 4.13. The molecule has 0 saturated carbocycles. The molecular weight excluding hydrogens is 325 g/mol. The summed E-state index contributed by atoms with van der Waals surface area (Å²) in [5.41, 5.74) is 0.758. The van der Waals surface area contributed by atoms with Gasteiger partial charge in [0.05, 0.1) is 0 Å². The van der Waals surface area contributed by atoms with Crippen LogP contribution in [0.4, 0.5) is 0 Å². The normalized spacial score (nSPS) is 11.4. The van der Waals surface area contributed by atoms with Crippen molar-refractivity contribution in [2.24, 2.45) is 4.99 Å². The van der Waals surface area contributed by atoms with Crippen LogP contribution in [0.1, 0.15) is 23.2 Å². The number of hydrogen-bond acceptors (Lipinski definition) is 4. The molecule has 1 heterocycles. The Labute approximate surface area is 121 Å².